The third-order valence-corrected chi connectivity index (χ3v) is 5.00. The van der Waals surface area contributed by atoms with Crippen LogP contribution in [0.1, 0.15) is 37.7 Å². The van der Waals surface area contributed by atoms with E-state index in [-0.39, 0.29) is 11.8 Å². The minimum atomic E-state index is -0.534. The van der Waals surface area contributed by atoms with Crippen LogP contribution in [0, 0.1) is 5.92 Å². The van der Waals surface area contributed by atoms with E-state index in [0.29, 0.717) is 31.8 Å². The van der Waals surface area contributed by atoms with Gasteiger partial charge in [-0.3, -0.25) is 14.8 Å². The van der Waals surface area contributed by atoms with Crippen LogP contribution in [-0.4, -0.2) is 48.2 Å². The number of hydrogen-bond donors (Lipinski definition) is 3. The van der Waals surface area contributed by atoms with Gasteiger partial charge in [-0.2, -0.15) is 0 Å². The Morgan fingerprint density at radius 3 is 2.54 bits per heavy atom. The molecule has 0 saturated carbocycles. The molecule has 2 rings (SSSR count). The molecule has 0 aliphatic carbocycles. The summed E-state index contributed by atoms with van der Waals surface area (Å²) in [5.74, 6) is 0.955. The van der Waals surface area contributed by atoms with Crippen LogP contribution in [0.4, 0.5) is 0 Å². The maximum Gasteiger partial charge on any atom is 0.243 e. The molecule has 1 aromatic rings. The predicted molar refractivity (Wildman–Crippen MR) is 97.8 cm³/mol. The van der Waals surface area contributed by atoms with Gasteiger partial charge >= 0.3 is 0 Å². The summed E-state index contributed by atoms with van der Waals surface area (Å²) >= 11 is 0. The number of hydroxylamine groups is 1. The van der Waals surface area contributed by atoms with Gasteiger partial charge in [0.1, 0.15) is 5.75 Å². The van der Waals surface area contributed by atoms with Gasteiger partial charge in [0, 0.05) is 19.5 Å². The molecule has 1 saturated heterocycles. The fraction of sp³-hybridized carbons (Fsp3) is 0.579. The lowest BCUT2D eigenvalue weighted by molar-refractivity contribution is -0.134. The molecule has 7 nitrogen and oxygen atoms in total. The van der Waals surface area contributed by atoms with Crippen LogP contribution in [0.3, 0.4) is 0 Å². The van der Waals surface area contributed by atoms with Crippen molar-refractivity contribution in [2.75, 3.05) is 20.2 Å². The molecule has 2 amide bonds. The Morgan fingerprint density at radius 2 is 1.96 bits per heavy atom. The van der Waals surface area contributed by atoms with Crippen LogP contribution in [0.5, 0.6) is 5.75 Å². The molecule has 0 radical (unpaired) electrons. The molecule has 1 aliphatic heterocycles. The summed E-state index contributed by atoms with van der Waals surface area (Å²) in [6.45, 7) is 1.43. The predicted octanol–water partition coefficient (Wildman–Crippen LogP) is 1.48. The van der Waals surface area contributed by atoms with E-state index in [1.807, 2.05) is 29.2 Å². The lowest BCUT2D eigenvalue weighted by Gasteiger charge is -2.33. The Bertz CT molecular complexity index is 583. The van der Waals surface area contributed by atoms with Gasteiger partial charge in [0.2, 0.25) is 11.8 Å². The number of benzene rings is 1. The zero-order valence-electron chi connectivity index (χ0n) is 15.3. The molecule has 7 heteroatoms. The maximum atomic E-state index is 12.6. The second-order valence-electron chi connectivity index (χ2n) is 6.85. The molecule has 144 valence electrons. The van der Waals surface area contributed by atoms with Crippen LogP contribution in [-0.2, 0) is 16.0 Å². The molecule has 1 heterocycles. The molecule has 4 N–H and O–H groups in total. The van der Waals surface area contributed by atoms with Crippen LogP contribution in [0.25, 0.3) is 0 Å². The van der Waals surface area contributed by atoms with Crippen molar-refractivity contribution in [2.24, 2.45) is 11.7 Å². The standard InChI is InChI=1S/C19H29N3O4/c1-26-16-7-5-15(6-8-16)13-17(20)19(24)22-11-9-14(10-12-22)3-2-4-18(23)21-25/h5-8,14,17,25H,2-4,9-13,20H2,1H3,(H,21,23)/t17-/m1/s1. The Kier molecular flexibility index (Phi) is 7.87. The molecular weight excluding hydrogens is 334 g/mol. The summed E-state index contributed by atoms with van der Waals surface area (Å²) in [4.78, 5) is 25.4. The smallest absolute Gasteiger partial charge is 0.243 e. The van der Waals surface area contributed by atoms with Crippen molar-refractivity contribution < 1.29 is 19.5 Å². The van der Waals surface area contributed by atoms with Crippen molar-refractivity contribution >= 4 is 11.8 Å². The first-order valence-corrected chi connectivity index (χ1v) is 9.13. The number of hydrogen-bond acceptors (Lipinski definition) is 5. The topological polar surface area (TPSA) is 105 Å². The number of carbonyl (C=O) groups is 2. The third-order valence-electron chi connectivity index (χ3n) is 5.00. The summed E-state index contributed by atoms with van der Waals surface area (Å²) in [6, 6.07) is 7.07. The number of rotatable bonds is 8. The van der Waals surface area contributed by atoms with Gasteiger partial charge < -0.3 is 15.4 Å². The van der Waals surface area contributed by atoms with E-state index < -0.39 is 6.04 Å². The van der Waals surface area contributed by atoms with Crippen LogP contribution in [0.2, 0.25) is 0 Å². The summed E-state index contributed by atoms with van der Waals surface area (Å²) < 4.78 is 5.13. The fourth-order valence-corrected chi connectivity index (χ4v) is 3.39. The molecule has 0 spiro atoms. The van der Waals surface area contributed by atoms with Gasteiger partial charge in [-0.05, 0) is 55.7 Å². The number of nitrogens with two attached hydrogens (primary N) is 1. The number of likely N-dealkylation sites (tertiary alicyclic amines) is 1. The van der Waals surface area contributed by atoms with E-state index in [1.54, 1.807) is 12.6 Å². The second-order valence-corrected chi connectivity index (χ2v) is 6.85. The van der Waals surface area contributed by atoms with Gasteiger partial charge in [-0.25, -0.2) is 5.48 Å². The lowest BCUT2D eigenvalue weighted by atomic mass is 9.91. The summed E-state index contributed by atoms with van der Waals surface area (Å²) in [5.41, 5.74) is 8.79. The first-order valence-electron chi connectivity index (χ1n) is 9.13. The van der Waals surface area contributed by atoms with Crippen molar-refractivity contribution in [3.8, 4) is 5.75 Å². The Morgan fingerprint density at radius 1 is 1.31 bits per heavy atom. The highest BCUT2D eigenvalue weighted by Crippen LogP contribution is 2.23. The van der Waals surface area contributed by atoms with Gasteiger partial charge in [0.25, 0.3) is 0 Å². The minimum Gasteiger partial charge on any atom is -0.497 e. The monoisotopic (exact) mass is 363 g/mol. The average Bonchev–Trinajstić information content (AvgIpc) is 2.68. The Balaban J connectivity index is 1.73. The van der Waals surface area contributed by atoms with Crippen LogP contribution < -0.4 is 16.0 Å². The number of amides is 2. The molecule has 1 aliphatic rings. The van der Waals surface area contributed by atoms with Gasteiger partial charge in [0.05, 0.1) is 13.2 Å². The molecular formula is C19H29N3O4. The zero-order valence-corrected chi connectivity index (χ0v) is 15.3. The number of nitrogens with one attached hydrogen (secondary N) is 1. The number of methoxy groups -OCH3 is 1. The first-order chi connectivity index (χ1) is 12.5. The summed E-state index contributed by atoms with van der Waals surface area (Å²) in [6.07, 6.45) is 4.40. The van der Waals surface area contributed by atoms with Gasteiger partial charge in [-0.15, -0.1) is 0 Å². The van der Waals surface area contributed by atoms with Crippen molar-refractivity contribution in [1.29, 1.82) is 0 Å². The number of ether oxygens (including phenoxy) is 1. The van der Waals surface area contributed by atoms with E-state index >= 15 is 0 Å². The molecule has 1 atom stereocenters. The normalized spacial score (nSPS) is 16.2. The van der Waals surface area contributed by atoms with E-state index in [9.17, 15) is 9.59 Å². The zero-order chi connectivity index (χ0) is 18.9. The van der Waals surface area contributed by atoms with E-state index in [4.69, 9.17) is 15.7 Å². The molecule has 26 heavy (non-hydrogen) atoms. The summed E-state index contributed by atoms with van der Waals surface area (Å²) in [7, 11) is 1.62. The van der Waals surface area contributed by atoms with Crippen molar-refractivity contribution in [2.45, 2.75) is 44.6 Å². The highest BCUT2D eigenvalue weighted by molar-refractivity contribution is 5.82. The lowest BCUT2D eigenvalue weighted by Crippen LogP contribution is -2.48. The number of piperidine rings is 1. The maximum absolute atomic E-state index is 12.6. The molecule has 1 fully saturated rings. The number of nitrogens with zero attached hydrogens (tertiary/aromatic N) is 1. The largest absolute Gasteiger partial charge is 0.497 e. The van der Waals surface area contributed by atoms with E-state index in [2.05, 4.69) is 0 Å². The molecule has 0 unspecified atom stereocenters. The first kappa shape index (κ1) is 20.2. The van der Waals surface area contributed by atoms with Crippen LogP contribution in [0.15, 0.2) is 24.3 Å². The van der Waals surface area contributed by atoms with E-state index in [0.717, 1.165) is 37.0 Å². The highest BCUT2D eigenvalue weighted by atomic mass is 16.5. The number of carbonyl (C=O) groups excluding carboxylic acids is 2. The summed E-state index contributed by atoms with van der Waals surface area (Å²) in [5, 5.41) is 8.49. The van der Waals surface area contributed by atoms with E-state index in [1.165, 1.54) is 0 Å². The second kappa shape index (κ2) is 10.1. The molecule has 0 bridgehead atoms. The molecule has 0 aromatic heterocycles. The third kappa shape index (κ3) is 6.00. The Hall–Kier alpha value is -2.12. The minimum absolute atomic E-state index is 0.000994. The van der Waals surface area contributed by atoms with Crippen molar-refractivity contribution in [3.05, 3.63) is 29.8 Å². The average molecular weight is 363 g/mol. The fourth-order valence-electron chi connectivity index (χ4n) is 3.39. The van der Waals surface area contributed by atoms with Gasteiger partial charge in [-0.1, -0.05) is 12.1 Å². The van der Waals surface area contributed by atoms with Gasteiger partial charge in [0.15, 0.2) is 0 Å². The Labute approximate surface area is 154 Å². The van der Waals surface area contributed by atoms with Crippen molar-refractivity contribution in [1.82, 2.24) is 10.4 Å². The van der Waals surface area contributed by atoms with Crippen molar-refractivity contribution in [3.63, 3.8) is 0 Å². The highest BCUT2D eigenvalue weighted by Gasteiger charge is 2.26. The SMILES string of the molecule is COc1ccc(C[C@@H](N)C(=O)N2CCC(CCCC(=O)NO)CC2)cc1. The molecule has 1 aromatic carbocycles. The van der Waals surface area contributed by atoms with Crippen LogP contribution >= 0.6 is 0 Å². The quantitative estimate of drug-likeness (QED) is 0.479.